The molecule has 0 amide bonds. The lowest BCUT2D eigenvalue weighted by Crippen LogP contribution is -2.46. The summed E-state index contributed by atoms with van der Waals surface area (Å²) in [6, 6.07) is 6.38. The number of nitrogens with zero attached hydrogens (tertiary/aromatic N) is 2. The molecule has 3 unspecified atom stereocenters. The number of carboxylic acids is 1. The SMILES string of the molecule is COc1ccc(C2C(C)C(C(=O)O)N=C3C(Cl)=CC(Cl)=CN32)cc1. The molecular formula is C17H16Cl2N2O3. The van der Waals surface area contributed by atoms with Gasteiger partial charge in [0.05, 0.1) is 23.2 Å². The molecule has 3 atom stereocenters. The van der Waals surface area contributed by atoms with Crippen molar-refractivity contribution in [2.75, 3.05) is 7.11 Å². The minimum absolute atomic E-state index is 0.249. The summed E-state index contributed by atoms with van der Waals surface area (Å²) in [6.07, 6.45) is 3.30. The summed E-state index contributed by atoms with van der Waals surface area (Å²) in [7, 11) is 1.60. The van der Waals surface area contributed by atoms with Crippen LogP contribution in [0.15, 0.2) is 51.6 Å². The van der Waals surface area contributed by atoms with Crippen molar-refractivity contribution in [2.24, 2.45) is 10.9 Å². The summed E-state index contributed by atoms with van der Waals surface area (Å²) in [6.45, 7) is 1.86. The van der Waals surface area contributed by atoms with Crippen LogP contribution >= 0.6 is 23.2 Å². The summed E-state index contributed by atoms with van der Waals surface area (Å²) in [5.74, 6) is -0.0929. The Bertz CT molecular complexity index is 756. The van der Waals surface area contributed by atoms with Crippen LogP contribution in [0.1, 0.15) is 18.5 Å². The van der Waals surface area contributed by atoms with Gasteiger partial charge in [-0.25, -0.2) is 4.79 Å². The van der Waals surface area contributed by atoms with Crippen LogP contribution in [0.25, 0.3) is 0 Å². The molecule has 7 heteroatoms. The number of hydrogen-bond donors (Lipinski definition) is 1. The fourth-order valence-electron chi connectivity index (χ4n) is 3.10. The molecule has 1 aromatic rings. The fraction of sp³-hybridized carbons (Fsp3) is 0.294. The molecule has 0 aromatic heterocycles. The second kappa shape index (κ2) is 6.49. The summed E-state index contributed by atoms with van der Waals surface area (Å²) < 4.78 is 5.19. The number of amidine groups is 1. The third-order valence-corrected chi connectivity index (χ3v) is 4.74. The van der Waals surface area contributed by atoms with E-state index in [1.807, 2.05) is 36.1 Å². The Kier molecular flexibility index (Phi) is 4.56. The van der Waals surface area contributed by atoms with Crippen molar-refractivity contribution in [3.05, 3.63) is 52.2 Å². The molecule has 1 N–H and O–H groups in total. The van der Waals surface area contributed by atoms with Crippen LogP contribution in [-0.2, 0) is 4.79 Å². The summed E-state index contributed by atoms with van der Waals surface area (Å²) >= 11 is 12.4. The van der Waals surface area contributed by atoms with E-state index in [0.29, 0.717) is 15.9 Å². The molecule has 126 valence electrons. The number of aliphatic carboxylic acids is 1. The minimum Gasteiger partial charge on any atom is -0.497 e. The van der Waals surface area contributed by atoms with E-state index in [4.69, 9.17) is 27.9 Å². The van der Waals surface area contributed by atoms with Crippen LogP contribution in [0.2, 0.25) is 0 Å². The highest BCUT2D eigenvalue weighted by atomic mass is 35.5. The third-order valence-electron chi connectivity index (χ3n) is 4.25. The molecule has 0 fully saturated rings. The average molecular weight is 367 g/mol. The molecule has 0 saturated heterocycles. The molecule has 0 radical (unpaired) electrons. The standard InChI is InChI=1S/C17H16Cl2N2O3/c1-9-14(17(22)23)20-16-13(19)7-11(18)8-21(16)15(9)10-3-5-12(24-2)6-4-10/h3-9,14-15H,1-2H3,(H,22,23). The van der Waals surface area contributed by atoms with Crippen LogP contribution in [0.4, 0.5) is 0 Å². The van der Waals surface area contributed by atoms with Crippen LogP contribution in [0, 0.1) is 5.92 Å². The first-order valence-corrected chi connectivity index (χ1v) is 8.15. The van der Waals surface area contributed by atoms with Crippen molar-refractivity contribution in [1.29, 1.82) is 0 Å². The van der Waals surface area contributed by atoms with Gasteiger partial charge in [0, 0.05) is 12.1 Å². The normalized spacial score (nSPS) is 26.1. The van der Waals surface area contributed by atoms with Crippen molar-refractivity contribution < 1.29 is 14.6 Å². The van der Waals surface area contributed by atoms with Gasteiger partial charge < -0.3 is 14.7 Å². The van der Waals surface area contributed by atoms with E-state index < -0.39 is 12.0 Å². The van der Waals surface area contributed by atoms with E-state index in [1.54, 1.807) is 19.4 Å². The van der Waals surface area contributed by atoms with E-state index in [-0.39, 0.29) is 12.0 Å². The van der Waals surface area contributed by atoms with Crippen LogP contribution in [0.3, 0.4) is 0 Å². The Hall–Kier alpha value is -1.98. The van der Waals surface area contributed by atoms with Crippen molar-refractivity contribution >= 4 is 35.0 Å². The Balaban J connectivity index is 2.10. The maximum absolute atomic E-state index is 11.6. The van der Waals surface area contributed by atoms with Gasteiger partial charge in [0.1, 0.15) is 11.6 Å². The number of carbonyl (C=O) groups is 1. The molecule has 2 heterocycles. The number of ether oxygens (including phenoxy) is 1. The first-order valence-electron chi connectivity index (χ1n) is 7.40. The second-order valence-electron chi connectivity index (χ2n) is 5.73. The lowest BCUT2D eigenvalue weighted by Gasteiger charge is -2.42. The van der Waals surface area contributed by atoms with Crippen LogP contribution in [0.5, 0.6) is 5.75 Å². The highest BCUT2D eigenvalue weighted by Crippen LogP contribution is 2.41. The number of fused-ring (bicyclic) bond motifs is 1. The molecule has 0 bridgehead atoms. The number of allylic oxidation sites excluding steroid dienone is 2. The van der Waals surface area contributed by atoms with E-state index in [1.165, 1.54) is 0 Å². The molecule has 1 aromatic carbocycles. The highest BCUT2D eigenvalue weighted by molar-refractivity contribution is 6.45. The van der Waals surface area contributed by atoms with E-state index in [9.17, 15) is 9.90 Å². The van der Waals surface area contributed by atoms with Gasteiger partial charge >= 0.3 is 5.97 Å². The van der Waals surface area contributed by atoms with E-state index in [0.717, 1.165) is 11.3 Å². The molecule has 5 nitrogen and oxygen atoms in total. The van der Waals surface area contributed by atoms with Gasteiger partial charge in [-0.3, -0.25) is 4.99 Å². The molecule has 0 aliphatic carbocycles. The highest BCUT2D eigenvalue weighted by Gasteiger charge is 2.42. The predicted molar refractivity (Wildman–Crippen MR) is 93.5 cm³/mol. The van der Waals surface area contributed by atoms with Gasteiger partial charge in [-0.2, -0.15) is 0 Å². The van der Waals surface area contributed by atoms with Crippen LogP contribution in [-0.4, -0.2) is 35.0 Å². The summed E-state index contributed by atoms with van der Waals surface area (Å²) in [5.41, 5.74) is 0.939. The Morgan fingerprint density at radius 3 is 2.54 bits per heavy atom. The maximum Gasteiger partial charge on any atom is 0.328 e. The predicted octanol–water partition coefficient (Wildman–Crippen LogP) is 3.76. The number of halogens is 2. The second-order valence-corrected chi connectivity index (χ2v) is 6.57. The van der Waals surface area contributed by atoms with Crippen molar-refractivity contribution in [1.82, 2.24) is 4.90 Å². The molecule has 0 saturated carbocycles. The largest absolute Gasteiger partial charge is 0.497 e. The van der Waals surface area contributed by atoms with Crippen molar-refractivity contribution in [3.63, 3.8) is 0 Å². The molecule has 24 heavy (non-hydrogen) atoms. The van der Waals surface area contributed by atoms with Gasteiger partial charge in [0.2, 0.25) is 0 Å². The van der Waals surface area contributed by atoms with E-state index in [2.05, 4.69) is 4.99 Å². The van der Waals surface area contributed by atoms with E-state index >= 15 is 0 Å². The van der Waals surface area contributed by atoms with Crippen molar-refractivity contribution in [3.8, 4) is 5.75 Å². The minimum atomic E-state index is -0.974. The Labute approximate surface area is 149 Å². The van der Waals surface area contributed by atoms with Gasteiger partial charge in [0.15, 0.2) is 6.04 Å². The zero-order chi connectivity index (χ0) is 17.4. The topological polar surface area (TPSA) is 62.1 Å². The maximum atomic E-state index is 11.6. The summed E-state index contributed by atoms with van der Waals surface area (Å²) in [5, 5.41) is 10.3. The van der Waals surface area contributed by atoms with Gasteiger partial charge in [-0.05, 0) is 23.8 Å². The Morgan fingerprint density at radius 1 is 1.29 bits per heavy atom. The van der Waals surface area contributed by atoms with Gasteiger partial charge in [-0.1, -0.05) is 42.3 Å². The fourth-order valence-corrected chi connectivity index (χ4v) is 3.64. The van der Waals surface area contributed by atoms with Crippen LogP contribution < -0.4 is 4.74 Å². The molecule has 2 aliphatic heterocycles. The number of hydrogen-bond acceptors (Lipinski definition) is 4. The Morgan fingerprint density at radius 2 is 1.96 bits per heavy atom. The van der Waals surface area contributed by atoms with Gasteiger partial charge in [-0.15, -0.1) is 0 Å². The first-order chi connectivity index (χ1) is 11.4. The van der Waals surface area contributed by atoms with Crippen molar-refractivity contribution in [2.45, 2.75) is 19.0 Å². The molecule has 0 spiro atoms. The summed E-state index contributed by atoms with van der Waals surface area (Å²) in [4.78, 5) is 17.8. The number of aliphatic imine (C=N–C) groups is 1. The number of methoxy groups -OCH3 is 1. The molecule has 2 aliphatic rings. The lowest BCUT2D eigenvalue weighted by molar-refractivity contribution is -0.140. The number of rotatable bonds is 3. The van der Waals surface area contributed by atoms with Gasteiger partial charge in [0.25, 0.3) is 0 Å². The zero-order valence-electron chi connectivity index (χ0n) is 13.1. The molecule has 3 rings (SSSR count). The zero-order valence-corrected chi connectivity index (χ0v) is 14.6. The smallest absolute Gasteiger partial charge is 0.328 e. The third kappa shape index (κ3) is 2.89. The quantitative estimate of drug-likeness (QED) is 0.884. The molecular weight excluding hydrogens is 351 g/mol. The first kappa shape index (κ1) is 16.9. The average Bonchev–Trinajstić information content (AvgIpc) is 2.54. The number of carboxylic acid groups (broad SMARTS) is 1. The monoisotopic (exact) mass is 366 g/mol. The lowest BCUT2D eigenvalue weighted by atomic mass is 9.85. The number of benzene rings is 1.